The van der Waals surface area contributed by atoms with E-state index < -0.39 is 12.3 Å². The maximum atomic E-state index is 12.1. The number of hydrogen-bond donors (Lipinski definition) is 1. The van der Waals surface area contributed by atoms with Gasteiger partial charge in [-0.3, -0.25) is 9.69 Å². The number of alkyl halides is 2. The second-order valence-electron chi connectivity index (χ2n) is 6.54. The van der Waals surface area contributed by atoms with E-state index in [-0.39, 0.29) is 0 Å². The molecule has 0 bridgehead atoms. The van der Waals surface area contributed by atoms with Crippen LogP contribution in [0.4, 0.5) is 8.78 Å². The van der Waals surface area contributed by atoms with Crippen LogP contribution in [-0.4, -0.2) is 36.9 Å². The highest BCUT2D eigenvalue weighted by Gasteiger charge is 2.21. The summed E-state index contributed by atoms with van der Waals surface area (Å²) in [5.74, 6) is -0.693. The molecule has 1 aromatic rings. The lowest BCUT2D eigenvalue weighted by Gasteiger charge is -2.33. The fourth-order valence-electron chi connectivity index (χ4n) is 3.17. The van der Waals surface area contributed by atoms with E-state index in [0.717, 1.165) is 38.9 Å². The Balaban J connectivity index is 1.78. The number of piperidine rings is 1. The lowest BCUT2D eigenvalue weighted by Crippen LogP contribution is -2.37. The Kier molecular flexibility index (Phi) is 6.51. The lowest BCUT2D eigenvalue weighted by atomic mass is 9.94. The Morgan fingerprint density at radius 2 is 2.13 bits per heavy atom. The first-order valence-electron chi connectivity index (χ1n) is 8.30. The second kappa shape index (κ2) is 8.39. The van der Waals surface area contributed by atoms with E-state index in [1.54, 1.807) is 0 Å². The summed E-state index contributed by atoms with van der Waals surface area (Å²) in [6, 6.07) is 6.57. The Morgan fingerprint density at radius 1 is 1.35 bits per heavy atom. The number of likely N-dealkylation sites (tertiary alicyclic amines) is 1. The molecule has 23 heavy (non-hydrogen) atoms. The number of hydrogen-bond acceptors (Lipinski definition) is 2. The summed E-state index contributed by atoms with van der Waals surface area (Å²) in [4.78, 5) is 13.3. The minimum Gasteiger partial charge on any atom is -0.351 e. The molecule has 128 valence electrons. The third-order valence-corrected chi connectivity index (χ3v) is 4.63. The van der Waals surface area contributed by atoms with E-state index in [1.807, 2.05) is 0 Å². The number of benzene rings is 1. The number of nitrogens with one attached hydrogen (secondary N) is 1. The van der Waals surface area contributed by atoms with E-state index in [1.165, 1.54) is 16.7 Å². The van der Waals surface area contributed by atoms with Crippen LogP contribution in [0.25, 0.3) is 0 Å². The van der Waals surface area contributed by atoms with Gasteiger partial charge in [-0.1, -0.05) is 18.2 Å². The van der Waals surface area contributed by atoms with Crippen molar-refractivity contribution in [1.82, 2.24) is 10.2 Å². The van der Waals surface area contributed by atoms with Crippen molar-refractivity contribution in [3.8, 4) is 0 Å². The minimum atomic E-state index is -2.91. The number of carbonyl (C=O) groups is 1. The van der Waals surface area contributed by atoms with Crippen LogP contribution in [0, 0.1) is 19.8 Å². The summed E-state index contributed by atoms with van der Waals surface area (Å²) >= 11 is 0. The molecule has 2 rings (SSSR count). The van der Waals surface area contributed by atoms with Crippen molar-refractivity contribution in [3.05, 3.63) is 34.9 Å². The molecule has 5 heteroatoms. The molecule has 1 fully saturated rings. The topological polar surface area (TPSA) is 32.3 Å². The van der Waals surface area contributed by atoms with Gasteiger partial charge in [0.1, 0.15) is 0 Å². The summed E-state index contributed by atoms with van der Waals surface area (Å²) in [6.45, 7) is 7.56. The minimum absolute atomic E-state index is 0.339. The van der Waals surface area contributed by atoms with E-state index in [2.05, 4.69) is 42.3 Å². The smallest absolute Gasteiger partial charge is 0.315 e. The van der Waals surface area contributed by atoms with Crippen LogP contribution < -0.4 is 5.32 Å². The van der Waals surface area contributed by atoms with Crippen molar-refractivity contribution in [2.75, 3.05) is 19.6 Å². The molecule has 0 saturated carbocycles. The number of aryl methyl sites for hydroxylation is 2. The number of halogens is 2. The monoisotopic (exact) mass is 324 g/mol. The van der Waals surface area contributed by atoms with Crippen molar-refractivity contribution >= 4 is 5.91 Å². The van der Waals surface area contributed by atoms with Gasteiger partial charge >= 0.3 is 6.43 Å². The Morgan fingerprint density at radius 3 is 2.83 bits per heavy atom. The fourth-order valence-corrected chi connectivity index (χ4v) is 3.17. The van der Waals surface area contributed by atoms with Gasteiger partial charge in [-0.2, -0.15) is 8.78 Å². The Bertz CT molecular complexity index is 534. The molecule has 0 radical (unpaired) electrons. The average Bonchev–Trinajstić information content (AvgIpc) is 2.51. The van der Waals surface area contributed by atoms with Crippen LogP contribution in [0.2, 0.25) is 0 Å². The summed E-state index contributed by atoms with van der Waals surface area (Å²) in [6.07, 6.45) is 0.0800. The molecule has 1 aliphatic heterocycles. The van der Waals surface area contributed by atoms with Crippen molar-refractivity contribution in [2.24, 2.45) is 5.92 Å². The zero-order valence-electron chi connectivity index (χ0n) is 13.9. The van der Waals surface area contributed by atoms with Crippen molar-refractivity contribution in [3.63, 3.8) is 0 Å². The number of amides is 1. The molecule has 1 aliphatic rings. The fraction of sp³-hybridized carbons (Fsp3) is 0.611. The van der Waals surface area contributed by atoms with E-state index in [0.29, 0.717) is 12.5 Å². The molecule has 0 aliphatic carbocycles. The molecule has 1 atom stereocenters. The van der Waals surface area contributed by atoms with Gasteiger partial charge in [0.2, 0.25) is 0 Å². The first kappa shape index (κ1) is 17.9. The lowest BCUT2D eigenvalue weighted by molar-refractivity contribution is -0.131. The zero-order chi connectivity index (χ0) is 16.8. The second-order valence-corrected chi connectivity index (χ2v) is 6.54. The predicted molar refractivity (Wildman–Crippen MR) is 87.5 cm³/mol. The zero-order valence-corrected chi connectivity index (χ0v) is 13.9. The normalized spacial score (nSPS) is 19.1. The van der Waals surface area contributed by atoms with Gasteiger partial charge < -0.3 is 5.32 Å². The van der Waals surface area contributed by atoms with Crippen LogP contribution >= 0.6 is 0 Å². The van der Waals surface area contributed by atoms with Crippen molar-refractivity contribution in [2.45, 2.75) is 46.1 Å². The molecule has 1 aromatic carbocycles. The Labute approximate surface area is 137 Å². The molecule has 1 saturated heterocycles. The highest BCUT2D eigenvalue weighted by Crippen LogP contribution is 2.21. The van der Waals surface area contributed by atoms with Crippen molar-refractivity contribution < 1.29 is 13.6 Å². The quantitative estimate of drug-likeness (QED) is 0.871. The summed E-state index contributed by atoms with van der Waals surface area (Å²) < 4.78 is 24.3. The molecule has 1 N–H and O–H groups in total. The van der Waals surface area contributed by atoms with Gasteiger partial charge in [0.25, 0.3) is 5.91 Å². The molecule has 1 heterocycles. The van der Waals surface area contributed by atoms with Crippen LogP contribution in [0.15, 0.2) is 18.2 Å². The van der Waals surface area contributed by atoms with E-state index in [9.17, 15) is 13.6 Å². The first-order valence-corrected chi connectivity index (χ1v) is 8.30. The molecule has 1 amide bonds. The largest absolute Gasteiger partial charge is 0.351 e. The number of carbonyl (C=O) groups excluding carboxylic acids is 1. The van der Waals surface area contributed by atoms with Gasteiger partial charge in [-0.15, -0.1) is 0 Å². The average molecular weight is 324 g/mol. The predicted octanol–water partition coefficient (Wildman–Crippen LogP) is 3.29. The highest BCUT2D eigenvalue weighted by atomic mass is 19.3. The van der Waals surface area contributed by atoms with E-state index >= 15 is 0 Å². The van der Waals surface area contributed by atoms with Crippen molar-refractivity contribution in [1.29, 1.82) is 0 Å². The first-order chi connectivity index (χ1) is 11.0. The summed E-state index contributed by atoms with van der Waals surface area (Å²) in [5.41, 5.74) is 3.94. The van der Waals surface area contributed by atoms with Crippen LogP contribution in [0.3, 0.4) is 0 Å². The van der Waals surface area contributed by atoms with Crippen LogP contribution in [0.5, 0.6) is 0 Å². The molecule has 0 spiro atoms. The molecule has 0 aromatic heterocycles. The maximum Gasteiger partial charge on any atom is 0.315 e. The maximum absolute atomic E-state index is 12.1. The van der Waals surface area contributed by atoms with Gasteiger partial charge in [-0.25, -0.2) is 0 Å². The standard InChI is InChI=1S/C18H26F2N2O/c1-13-5-6-16(10-14(13)2)12-22-9-3-4-15(11-22)7-8-21-18(23)17(19)20/h5-6,10,15,17H,3-4,7-9,11-12H2,1-2H3,(H,21,23)/t15-/m1/s1. The number of rotatable bonds is 6. The SMILES string of the molecule is Cc1ccc(CN2CCC[C@H](CCNC(=O)C(F)F)C2)cc1C. The molecular formula is C18H26F2N2O. The third kappa shape index (κ3) is 5.57. The van der Waals surface area contributed by atoms with Gasteiger partial charge in [-0.05, 0) is 62.3 Å². The molecular weight excluding hydrogens is 298 g/mol. The highest BCUT2D eigenvalue weighted by molar-refractivity contribution is 5.78. The third-order valence-electron chi connectivity index (χ3n) is 4.63. The van der Waals surface area contributed by atoms with Gasteiger partial charge in [0, 0.05) is 19.6 Å². The summed E-state index contributed by atoms with van der Waals surface area (Å²) in [5, 5.41) is 2.30. The van der Waals surface area contributed by atoms with Gasteiger partial charge in [0.05, 0.1) is 0 Å². The summed E-state index contributed by atoms with van der Waals surface area (Å²) in [7, 11) is 0. The van der Waals surface area contributed by atoms with Gasteiger partial charge in [0.15, 0.2) is 0 Å². The van der Waals surface area contributed by atoms with E-state index in [4.69, 9.17) is 0 Å². The Hall–Kier alpha value is -1.49. The van der Waals surface area contributed by atoms with Crippen LogP contribution in [0.1, 0.15) is 36.0 Å². The molecule has 0 unspecified atom stereocenters. The molecule has 3 nitrogen and oxygen atoms in total. The van der Waals surface area contributed by atoms with Crippen LogP contribution in [-0.2, 0) is 11.3 Å². The number of nitrogens with zero attached hydrogens (tertiary/aromatic N) is 1.